The smallest absolute Gasteiger partial charge is 0.211 e. The summed E-state index contributed by atoms with van der Waals surface area (Å²) in [6, 6.07) is 0. The molecular formula is C45H72O. The summed E-state index contributed by atoms with van der Waals surface area (Å²) in [5, 5.41) is 0. The van der Waals surface area contributed by atoms with Crippen LogP contribution in [-0.2, 0) is 4.79 Å². The highest BCUT2D eigenvalue weighted by atomic mass is 16.1. The van der Waals surface area contributed by atoms with Crippen molar-refractivity contribution in [3.8, 4) is 0 Å². The van der Waals surface area contributed by atoms with Gasteiger partial charge in [0.2, 0.25) is 5.78 Å². The predicted molar refractivity (Wildman–Crippen MR) is 203 cm³/mol. The Hall–Kier alpha value is -2.25. The lowest BCUT2D eigenvalue weighted by Gasteiger charge is -2.33. The van der Waals surface area contributed by atoms with Gasteiger partial charge in [-0.15, -0.1) is 22.9 Å². The number of hydrogen-bond donors (Lipinski definition) is 0. The lowest BCUT2D eigenvalue weighted by atomic mass is 9.71. The Morgan fingerprint density at radius 3 is 0.543 bits per heavy atom. The van der Waals surface area contributed by atoms with Gasteiger partial charge in [-0.1, -0.05) is 166 Å². The van der Waals surface area contributed by atoms with Gasteiger partial charge in [-0.3, -0.25) is 4.79 Å². The molecule has 0 unspecified atom stereocenters. The zero-order valence-electron chi connectivity index (χ0n) is 34.9. The SMILES string of the molecule is CC(C)(C)C(=C=C1C(=O)C(=C=C(C(C)(C)C)C(C)(C)C)C(=C=C(C(C)(C)C)C(C)(C)C)C1=C=C(C(C)(C)C)C(C)(C)C)C(C)(C)C. The van der Waals surface area contributed by atoms with Crippen LogP contribution in [0.3, 0.4) is 0 Å². The van der Waals surface area contributed by atoms with Crippen LogP contribution in [-0.4, -0.2) is 5.78 Å². The van der Waals surface area contributed by atoms with Gasteiger partial charge in [-0.05, 0) is 65.6 Å². The number of allylic oxidation sites excluding steroid dienone is 4. The minimum Gasteiger partial charge on any atom is -0.287 e. The monoisotopic (exact) mass is 629 g/mol. The van der Waals surface area contributed by atoms with Crippen molar-refractivity contribution in [1.29, 1.82) is 0 Å². The average molecular weight is 629 g/mol. The van der Waals surface area contributed by atoms with Gasteiger partial charge in [0, 0.05) is 0 Å². The molecule has 0 N–H and O–H groups in total. The fourth-order valence-corrected chi connectivity index (χ4v) is 7.59. The van der Waals surface area contributed by atoms with Gasteiger partial charge < -0.3 is 0 Å². The summed E-state index contributed by atoms with van der Waals surface area (Å²) in [5.41, 5.74) is 21.3. The zero-order chi connectivity index (χ0) is 37.0. The van der Waals surface area contributed by atoms with Crippen molar-refractivity contribution in [3.63, 3.8) is 0 Å². The van der Waals surface area contributed by atoms with Crippen LogP contribution in [0.5, 0.6) is 0 Å². The standard InChI is InChI=1S/C45H72O/c1-38(2,3)33(39(4,5)6)25-29-30(26-34(40(7,8)9)41(10,11)12)32(28-36(44(19,20)21)45(22,23)24)37(46)31(29)27-35(42(13,14)15)43(16,17)18/h1-24H3. The Morgan fingerprint density at radius 2 is 0.413 bits per heavy atom. The first kappa shape index (κ1) is 41.8. The van der Waals surface area contributed by atoms with Crippen molar-refractivity contribution in [3.05, 3.63) is 67.5 Å². The van der Waals surface area contributed by atoms with Crippen molar-refractivity contribution < 1.29 is 4.79 Å². The number of hydrogen-bond acceptors (Lipinski definition) is 1. The van der Waals surface area contributed by atoms with E-state index < -0.39 is 0 Å². The molecule has 0 aromatic carbocycles. The number of carbonyl (C=O) groups is 1. The fraction of sp³-hybridized carbons (Fsp3) is 0.711. The molecule has 0 aromatic rings. The molecule has 0 saturated heterocycles. The number of ketones is 1. The first-order chi connectivity index (χ1) is 19.8. The van der Waals surface area contributed by atoms with Crippen molar-refractivity contribution in [2.24, 2.45) is 43.3 Å². The summed E-state index contributed by atoms with van der Waals surface area (Å²) in [4.78, 5) is 15.1. The van der Waals surface area contributed by atoms with Gasteiger partial charge in [0.1, 0.15) is 0 Å². The second-order valence-electron chi connectivity index (χ2n) is 21.8. The Balaban J connectivity index is 5.38. The molecule has 1 aliphatic rings. The summed E-state index contributed by atoms with van der Waals surface area (Å²) in [6.07, 6.45) is 0. The minimum absolute atomic E-state index is 0.0358. The fourth-order valence-electron chi connectivity index (χ4n) is 7.59. The molecule has 1 heteroatoms. The summed E-state index contributed by atoms with van der Waals surface area (Å²) in [7, 11) is 0. The molecule has 0 aliphatic heterocycles. The average Bonchev–Trinajstić information content (AvgIpc) is 2.95. The maximum atomic E-state index is 15.1. The third-order valence-corrected chi connectivity index (χ3v) is 8.20. The van der Waals surface area contributed by atoms with Gasteiger partial charge in [0.15, 0.2) is 0 Å². The van der Waals surface area contributed by atoms with Gasteiger partial charge in [0.05, 0.1) is 22.3 Å². The van der Waals surface area contributed by atoms with Crippen molar-refractivity contribution >= 4 is 5.78 Å². The van der Waals surface area contributed by atoms with Crippen LogP contribution in [0.25, 0.3) is 0 Å². The second kappa shape index (κ2) is 12.7. The van der Waals surface area contributed by atoms with Crippen molar-refractivity contribution in [1.82, 2.24) is 0 Å². The zero-order valence-corrected chi connectivity index (χ0v) is 34.9. The van der Waals surface area contributed by atoms with E-state index in [0.717, 1.165) is 22.3 Å². The maximum Gasteiger partial charge on any atom is 0.211 e. The first-order valence-electron chi connectivity index (χ1n) is 17.5. The van der Waals surface area contributed by atoms with Crippen LogP contribution >= 0.6 is 0 Å². The van der Waals surface area contributed by atoms with E-state index in [1.54, 1.807) is 0 Å². The third-order valence-electron chi connectivity index (χ3n) is 8.20. The maximum absolute atomic E-state index is 15.1. The molecule has 0 radical (unpaired) electrons. The normalized spacial score (nSPS) is 15.8. The minimum atomic E-state index is -0.191. The van der Waals surface area contributed by atoms with Crippen molar-refractivity contribution in [2.45, 2.75) is 166 Å². The number of rotatable bonds is 0. The van der Waals surface area contributed by atoms with E-state index in [2.05, 4.69) is 189 Å². The molecule has 46 heavy (non-hydrogen) atoms. The molecule has 0 atom stereocenters. The number of carbonyl (C=O) groups excluding carboxylic acids is 1. The van der Waals surface area contributed by atoms with E-state index in [1.807, 2.05) is 0 Å². The van der Waals surface area contributed by atoms with Crippen LogP contribution < -0.4 is 0 Å². The van der Waals surface area contributed by atoms with E-state index in [4.69, 9.17) is 0 Å². The van der Waals surface area contributed by atoms with Crippen LogP contribution in [0, 0.1) is 43.3 Å². The number of Topliss-reactive ketones (excluding diaryl/α,β-unsaturated/α-hetero) is 1. The van der Waals surface area contributed by atoms with Gasteiger partial charge in [-0.25, -0.2) is 0 Å². The molecule has 0 spiro atoms. The Labute approximate surface area is 286 Å². The molecule has 1 aliphatic carbocycles. The topological polar surface area (TPSA) is 17.1 Å². The molecule has 258 valence electrons. The van der Waals surface area contributed by atoms with Gasteiger partial charge in [0.25, 0.3) is 0 Å². The van der Waals surface area contributed by atoms with E-state index >= 15 is 4.79 Å². The quantitative estimate of drug-likeness (QED) is 0.193. The molecule has 1 nitrogen and oxygen atoms in total. The lowest BCUT2D eigenvalue weighted by molar-refractivity contribution is -0.111. The highest BCUT2D eigenvalue weighted by Gasteiger charge is 2.40. The van der Waals surface area contributed by atoms with Gasteiger partial charge >= 0.3 is 0 Å². The Bertz CT molecular complexity index is 1310. The third kappa shape index (κ3) is 10.4. The predicted octanol–water partition coefficient (Wildman–Crippen LogP) is 13.7. The highest BCUT2D eigenvalue weighted by Crippen LogP contribution is 2.47. The summed E-state index contributed by atoms with van der Waals surface area (Å²) in [5.74, 6) is -0.0358. The van der Waals surface area contributed by atoms with Crippen molar-refractivity contribution in [2.75, 3.05) is 0 Å². The molecule has 0 amide bonds. The van der Waals surface area contributed by atoms with Crippen LogP contribution in [0.1, 0.15) is 166 Å². The van der Waals surface area contributed by atoms with Gasteiger partial charge in [-0.2, -0.15) is 0 Å². The van der Waals surface area contributed by atoms with E-state index in [9.17, 15) is 0 Å². The largest absolute Gasteiger partial charge is 0.287 e. The highest BCUT2D eigenvalue weighted by molar-refractivity contribution is 6.20. The summed E-state index contributed by atoms with van der Waals surface area (Å²) < 4.78 is 0. The molecule has 0 heterocycles. The molecule has 1 fully saturated rings. The lowest BCUT2D eigenvalue weighted by Crippen LogP contribution is -2.22. The van der Waals surface area contributed by atoms with Crippen LogP contribution in [0.4, 0.5) is 0 Å². The molecule has 1 rings (SSSR count). The van der Waals surface area contributed by atoms with E-state index in [-0.39, 0.29) is 49.1 Å². The second-order valence-corrected chi connectivity index (χ2v) is 21.8. The van der Waals surface area contributed by atoms with Crippen LogP contribution in [0.15, 0.2) is 67.5 Å². The van der Waals surface area contributed by atoms with E-state index in [0.29, 0.717) is 11.1 Å². The molecule has 1 saturated carbocycles. The summed E-state index contributed by atoms with van der Waals surface area (Å²) in [6.45, 7) is 53.6. The molecular weight excluding hydrogens is 556 g/mol. The van der Waals surface area contributed by atoms with E-state index in [1.165, 1.54) is 11.1 Å². The van der Waals surface area contributed by atoms with Crippen LogP contribution in [0.2, 0.25) is 0 Å². The summed E-state index contributed by atoms with van der Waals surface area (Å²) >= 11 is 0. The Kier molecular flexibility index (Phi) is 11.5. The first-order valence-corrected chi connectivity index (χ1v) is 17.5. The molecule has 0 aromatic heterocycles. The Morgan fingerprint density at radius 1 is 0.283 bits per heavy atom. The molecule has 0 bridgehead atoms.